The summed E-state index contributed by atoms with van der Waals surface area (Å²) in [5.74, 6) is 0.293. The monoisotopic (exact) mass is 408 g/mol. The largest absolute Gasteiger partial charge is 0.409 e. The van der Waals surface area contributed by atoms with Crippen molar-refractivity contribution in [2.24, 2.45) is 21.8 Å². The summed E-state index contributed by atoms with van der Waals surface area (Å²) in [7, 11) is 0. The molecule has 0 heterocycles. The number of rotatable bonds is 3. The summed E-state index contributed by atoms with van der Waals surface area (Å²) < 4.78 is 0. The van der Waals surface area contributed by atoms with Crippen molar-refractivity contribution in [2.75, 3.05) is 0 Å². The average molecular weight is 408 g/mol. The molecule has 0 saturated carbocycles. The Morgan fingerprint density at radius 1 is 0.667 bits per heavy atom. The lowest BCUT2D eigenvalue weighted by Crippen LogP contribution is -2.19. The molecule has 30 heavy (non-hydrogen) atoms. The summed E-state index contributed by atoms with van der Waals surface area (Å²) in [5, 5.41) is 37.7. The summed E-state index contributed by atoms with van der Waals surface area (Å²) >= 11 is 0. The first kappa shape index (κ1) is 23.7. The van der Waals surface area contributed by atoms with Gasteiger partial charge in [0.1, 0.15) is 5.84 Å². The van der Waals surface area contributed by atoms with E-state index in [2.05, 4.69) is 10.3 Å². The van der Waals surface area contributed by atoms with Gasteiger partial charge < -0.3 is 21.9 Å². The van der Waals surface area contributed by atoms with Crippen LogP contribution in [0.1, 0.15) is 16.7 Å². The fourth-order valence-electron chi connectivity index (χ4n) is 2.03. The van der Waals surface area contributed by atoms with Gasteiger partial charge in [-0.15, -0.1) is 0 Å². The van der Waals surface area contributed by atoms with Crippen LogP contribution in [0.15, 0.2) is 101 Å². The summed E-state index contributed by atoms with van der Waals surface area (Å²) in [6.07, 6.45) is 0. The number of oxime groups is 2. The van der Waals surface area contributed by atoms with Gasteiger partial charge in [-0.3, -0.25) is 10.6 Å². The van der Waals surface area contributed by atoms with E-state index in [1.165, 1.54) is 0 Å². The van der Waals surface area contributed by atoms with Gasteiger partial charge in [-0.25, -0.2) is 5.48 Å². The van der Waals surface area contributed by atoms with Crippen molar-refractivity contribution in [1.82, 2.24) is 5.48 Å². The van der Waals surface area contributed by atoms with E-state index >= 15 is 0 Å². The molecule has 0 amide bonds. The zero-order valence-electron chi connectivity index (χ0n) is 16.1. The fraction of sp³-hybridized carbons (Fsp3) is 0. The lowest BCUT2D eigenvalue weighted by atomic mass is 10.2. The van der Waals surface area contributed by atoms with Crippen molar-refractivity contribution in [3.05, 3.63) is 108 Å². The van der Waals surface area contributed by atoms with Crippen LogP contribution in [0.2, 0.25) is 0 Å². The van der Waals surface area contributed by atoms with Crippen molar-refractivity contribution >= 4 is 17.5 Å². The molecule has 3 aromatic rings. The molecule has 0 aliphatic rings. The number of hydrogen-bond acceptors (Lipinski definition) is 6. The topological polar surface area (TPSA) is 173 Å². The third-order valence-electron chi connectivity index (χ3n) is 3.52. The van der Waals surface area contributed by atoms with Gasteiger partial charge in [0, 0.05) is 16.7 Å². The van der Waals surface area contributed by atoms with Gasteiger partial charge in [-0.1, -0.05) is 101 Å². The lowest BCUT2D eigenvalue weighted by molar-refractivity contribution is 0.223. The van der Waals surface area contributed by atoms with Crippen LogP contribution >= 0.6 is 0 Å². The maximum absolute atomic E-state index is 8.44. The van der Waals surface area contributed by atoms with E-state index in [1.54, 1.807) is 41.9 Å². The Morgan fingerprint density at radius 3 is 1.37 bits per heavy atom. The molecule has 0 bridgehead atoms. The molecule has 3 aromatic carbocycles. The molecule has 0 atom stereocenters. The molecule has 0 fully saturated rings. The number of nitrogens with one attached hydrogen (secondary N) is 2. The van der Waals surface area contributed by atoms with Crippen molar-refractivity contribution < 1.29 is 15.6 Å². The number of hydroxylamine groups is 1. The van der Waals surface area contributed by atoms with Gasteiger partial charge in [0.05, 0.1) is 0 Å². The van der Waals surface area contributed by atoms with E-state index < -0.39 is 0 Å². The first-order valence-corrected chi connectivity index (χ1v) is 8.63. The van der Waals surface area contributed by atoms with Crippen molar-refractivity contribution in [1.29, 1.82) is 5.41 Å². The van der Waals surface area contributed by atoms with Gasteiger partial charge in [-0.2, -0.15) is 0 Å². The molecule has 9 heteroatoms. The lowest BCUT2D eigenvalue weighted by Gasteiger charge is -1.99. The molecule has 0 radical (unpaired) electrons. The van der Waals surface area contributed by atoms with Crippen LogP contribution in [0.4, 0.5) is 0 Å². The molecule has 0 aliphatic heterocycles. The van der Waals surface area contributed by atoms with Crippen molar-refractivity contribution in [3.8, 4) is 0 Å². The minimum absolute atomic E-state index is 0.0330. The number of amidine groups is 3. The number of nitrogens with two attached hydrogens (primary N) is 2. The first-order valence-electron chi connectivity index (χ1n) is 8.63. The molecule has 0 aliphatic carbocycles. The highest BCUT2D eigenvalue weighted by atomic mass is 16.5. The van der Waals surface area contributed by atoms with E-state index in [4.69, 9.17) is 32.5 Å². The van der Waals surface area contributed by atoms with Crippen LogP contribution in [-0.4, -0.2) is 33.1 Å². The number of nitrogen functional groups attached to an aromatic ring is 1. The van der Waals surface area contributed by atoms with Gasteiger partial charge in [-0.05, 0) is 0 Å². The number of benzene rings is 3. The molecule has 0 saturated heterocycles. The zero-order chi connectivity index (χ0) is 22.2. The predicted molar refractivity (Wildman–Crippen MR) is 116 cm³/mol. The quantitative estimate of drug-likeness (QED) is 0.152. The second-order valence-corrected chi connectivity index (χ2v) is 5.56. The Hall–Kier alpha value is -4.37. The summed E-state index contributed by atoms with van der Waals surface area (Å²) in [6, 6.07) is 27.1. The molecule has 9 nitrogen and oxygen atoms in total. The maximum atomic E-state index is 8.44. The number of nitrogens with zero attached hydrogens (tertiary/aromatic N) is 2. The normalized spacial score (nSPS) is 10.6. The Bertz CT molecular complexity index is 933. The Morgan fingerprint density at radius 2 is 1.07 bits per heavy atom. The van der Waals surface area contributed by atoms with E-state index in [0.29, 0.717) is 5.56 Å². The second-order valence-electron chi connectivity index (χ2n) is 5.56. The fourth-order valence-corrected chi connectivity index (χ4v) is 2.03. The summed E-state index contributed by atoms with van der Waals surface area (Å²) in [5.41, 5.74) is 14.4. The molecule has 0 spiro atoms. The van der Waals surface area contributed by atoms with Crippen LogP contribution in [0.5, 0.6) is 0 Å². The van der Waals surface area contributed by atoms with E-state index in [1.807, 2.05) is 54.6 Å². The maximum Gasteiger partial charge on any atom is 0.196 e. The number of hydrogen-bond donors (Lipinski definition) is 7. The van der Waals surface area contributed by atoms with Crippen LogP contribution in [0.3, 0.4) is 0 Å². The van der Waals surface area contributed by atoms with E-state index in [9.17, 15) is 0 Å². The predicted octanol–water partition coefficient (Wildman–Crippen LogP) is 2.55. The average Bonchev–Trinajstić information content (AvgIpc) is 2.82. The summed E-state index contributed by atoms with van der Waals surface area (Å²) in [4.78, 5) is 0. The molecule has 0 aromatic heterocycles. The van der Waals surface area contributed by atoms with Crippen molar-refractivity contribution in [2.45, 2.75) is 0 Å². The molecule has 9 N–H and O–H groups in total. The highest BCUT2D eigenvalue weighted by Crippen LogP contribution is 1.98. The van der Waals surface area contributed by atoms with Crippen LogP contribution < -0.4 is 16.9 Å². The molecule has 156 valence electrons. The summed E-state index contributed by atoms with van der Waals surface area (Å²) in [6.45, 7) is 0. The van der Waals surface area contributed by atoms with Gasteiger partial charge >= 0.3 is 0 Å². The van der Waals surface area contributed by atoms with Gasteiger partial charge in [0.25, 0.3) is 0 Å². The van der Waals surface area contributed by atoms with E-state index in [0.717, 1.165) is 11.1 Å². The SMILES string of the molecule is N=C(N)c1ccccc1.NC(=NO)c1ccccc1.ON=C(NO)c1ccccc1. The second kappa shape index (κ2) is 13.7. The minimum atomic E-state index is 0.0330. The standard InChI is InChI=1S/C7H8N2O2.C7H8N2O.C7H8N2/c10-8-7(9-11)6-4-2-1-3-5-6;8-7(9-10)6-4-2-1-3-5-6;8-7(9)6-4-2-1-3-5-6/h1-5,10-11H,(H,8,9);1-5,10H,(H2,8,9);1-5H,(H3,8,9). The van der Waals surface area contributed by atoms with Gasteiger partial charge in [0.2, 0.25) is 0 Å². The van der Waals surface area contributed by atoms with Gasteiger partial charge in [0.15, 0.2) is 11.7 Å². The van der Waals surface area contributed by atoms with Crippen LogP contribution in [0.25, 0.3) is 0 Å². The third-order valence-corrected chi connectivity index (χ3v) is 3.52. The third kappa shape index (κ3) is 8.55. The first-order chi connectivity index (χ1) is 14.5. The Balaban J connectivity index is 0.000000226. The molecular weight excluding hydrogens is 384 g/mol. The molecule has 3 rings (SSSR count). The van der Waals surface area contributed by atoms with Crippen LogP contribution in [-0.2, 0) is 0 Å². The Labute approximate surface area is 174 Å². The smallest absolute Gasteiger partial charge is 0.196 e. The van der Waals surface area contributed by atoms with Crippen molar-refractivity contribution in [3.63, 3.8) is 0 Å². The Kier molecular flexibility index (Phi) is 10.8. The molecular formula is C21H24N6O3. The minimum Gasteiger partial charge on any atom is -0.409 e. The highest BCUT2D eigenvalue weighted by Gasteiger charge is 1.98. The van der Waals surface area contributed by atoms with E-state index in [-0.39, 0.29) is 17.5 Å². The highest BCUT2D eigenvalue weighted by molar-refractivity contribution is 5.97. The molecule has 0 unspecified atom stereocenters. The zero-order valence-corrected chi connectivity index (χ0v) is 16.1. The van der Waals surface area contributed by atoms with Crippen LogP contribution in [0, 0.1) is 5.41 Å².